The largest absolute Gasteiger partial charge is 0.494 e. The fourth-order valence-electron chi connectivity index (χ4n) is 3.29. The Morgan fingerprint density at radius 3 is 2.80 bits per heavy atom. The molecule has 8 heteroatoms. The summed E-state index contributed by atoms with van der Waals surface area (Å²) in [4.78, 5) is 33.2. The highest BCUT2D eigenvalue weighted by Gasteiger charge is 2.25. The molecule has 0 aliphatic carbocycles. The number of ether oxygens (including phenoxy) is 1. The molecular weight excluding hydrogens is 418 g/mol. The van der Waals surface area contributed by atoms with Gasteiger partial charge in [0.2, 0.25) is 5.91 Å². The number of amides is 2. The van der Waals surface area contributed by atoms with E-state index in [-0.39, 0.29) is 17.6 Å². The molecule has 1 fully saturated rings. The summed E-state index contributed by atoms with van der Waals surface area (Å²) < 4.78 is 6.57. The molecule has 1 aliphatic rings. The van der Waals surface area contributed by atoms with Crippen LogP contribution >= 0.6 is 23.1 Å². The molecule has 1 aliphatic heterocycles. The number of fused-ring (bicyclic) bond motifs is 1. The van der Waals surface area contributed by atoms with Crippen molar-refractivity contribution in [2.24, 2.45) is 0 Å². The van der Waals surface area contributed by atoms with Crippen LogP contribution in [0.1, 0.15) is 18.9 Å². The maximum Gasteiger partial charge on any atom is 0.281 e. The Labute approximate surface area is 183 Å². The van der Waals surface area contributed by atoms with Gasteiger partial charge in [0.15, 0.2) is 5.13 Å². The maximum atomic E-state index is 13.2. The second-order valence-electron chi connectivity index (χ2n) is 6.88. The van der Waals surface area contributed by atoms with Crippen LogP contribution in [0.15, 0.2) is 48.5 Å². The molecule has 0 bridgehead atoms. The molecule has 2 heterocycles. The first kappa shape index (κ1) is 20.7. The van der Waals surface area contributed by atoms with Crippen molar-refractivity contribution >= 4 is 49.6 Å². The monoisotopic (exact) mass is 441 g/mol. The van der Waals surface area contributed by atoms with Gasteiger partial charge in [-0.05, 0) is 30.7 Å². The van der Waals surface area contributed by atoms with Gasteiger partial charge in [-0.2, -0.15) is 0 Å². The van der Waals surface area contributed by atoms with E-state index in [1.165, 1.54) is 23.1 Å². The van der Waals surface area contributed by atoms with Crippen LogP contribution in [0, 0.1) is 0 Å². The van der Waals surface area contributed by atoms with Crippen LogP contribution in [-0.4, -0.2) is 46.5 Å². The highest BCUT2D eigenvalue weighted by Crippen LogP contribution is 2.32. The van der Waals surface area contributed by atoms with E-state index >= 15 is 0 Å². The zero-order valence-corrected chi connectivity index (χ0v) is 18.4. The number of benzene rings is 2. The predicted octanol–water partition coefficient (Wildman–Crippen LogP) is 4.79. The second kappa shape index (κ2) is 9.49. The quantitative estimate of drug-likeness (QED) is 0.503. The number of aromatic nitrogens is 1. The lowest BCUT2D eigenvalue weighted by Crippen LogP contribution is -2.34. The summed E-state index contributed by atoms with van der Waals surface area (Å²) >= 11 is 2.79. The summed E-state index contributed by atoms with van der Waals surface area (Å²) in [5, 5.41) is 0.718. The van der Waals surface area contributed by atoms with E-state index < -0.39 is 0 Å². The van der Waals surface area contributed by atoms with Crippen molar-refractivity contribution in [3.05, 3.63) is 54.1 Å². The Morgan fingerprint density at radius 1 is 1.23 bits per heavy atom. The second-order valence-corrected chi connectivity index (χ2v) is 8.93. The first-order valence-corrected chi connectivity index (χ1v) is 11.7. The molecule has 4 rings (SSSR count). The van der Waals surface area contributed by atoms with E-state index in [0.717, 1.165) is 27.3 Å². The van der Waals surface area contributed by atoms with Gasteiger partial charge in [0.1, 0.15) is 5.75 Å². The summed E-state index contributed by atoms with van der Waals surface area (Å²) in [7, 11) is 0. The minimum atomic E-state index is -0.0346. The van der Waals surface area contributed by atoms with E-state index in [2.05, 4.69) is 0 Å². The minimum Gasteiger partial charge on any atom is -0.494 e. The Morgan fingerprint density at radius 2 is 2.07 bits per heavy atom. The Kier molecular flexibility index (Phi) is 6.54. The smallest absolute Gasteiger partial charge is 0.281 e. The van der Waals surface area contributed by atoms with E-state index in [4.69, 9.17) is 9.72 Å². The predicted molar refractivity (Wildman–Crippen MR) is 122 cm³/mol. The fourth-order valence-corrected chi connectivity index (χ4v) is 5.15. The van der Waals surface area contributed by atoms with Crippen molar-refractivity contribution in [3.8, 4) is 5.75 Å². The molecule has 156 valence electrons. The molecule has 0 unspecified atom stereocenters. The van der Waals surface area contributed by atoms with Crippen molar-refractivity contribution in [3.63, 3.8) is 0 Å². The zero-order chi connectivity index (χ0) is 20.9. The van der Waals surface area contributed by atoms with Crippen LogP contribution in [0.5, 0.6) is 5.75 Å². The number of thioether (sulfide) groups is 1. The molecule has 0 spiro atoms. The SMILES string of the molecule is CCOc1ccc2nc(N(Cc3ccccc3)C(=O)CCN3CCSC3=O)sc2c1. The van der Waals surface area contributed by atoms with Crippen molar-refractivity contribution in [2.75, 3.05) is 30.3 Å². The number of hydrogen-bond acceptors (Lipinski definition) is 6. The summed E-state index contributed by atoms with van der Waals surface area (Å²) in [6, 6.07) is 15.7. The zero-order valence-electron chi connectivity index (χ0n) is 16.7. The number of carbonyl (C=O) groups excluding carboxylic acids is 2. The number of hydrogen-bond donors (Lipinski definition) is 0. The standard InChI is InChI=1S/C22H23N3O3S2/c1-2-28-17-8-9-18-19(14-17)30-21(23-18)25(15-16-6-4-3-5-7-16)20(26)10-11-24-12-13-29-22(24)27/h3-9,14H,2,10-13,15H2,1H3. The summed E-state index contributed by atoms with van der Waals surface area (Å²) in [6.07, 6.45) is 0.277. The average molecular weight is 442 g/mol. The number of thiazole rings is 1. The molecule has 0 radical (unpaired) electrons. The van der Waals surface area contributed by atoms with Crippen molar-refractivity contribution in [1.82, 2.24) is 9.88 Å². The van der Waals surface area contributed by atoms with Gasteiger partial charge in [0.25, 0.3) is 5.24 Å². The van der Waals surface area contributed by atoms with Gasteiger partial charge in [-0.3, -0.25) is 14.5 Å². The molecule has 2 amide bonds. The van der Waals surface area contributed by atoms with Gasteiger partial charge < -0.3 is 9.64 Å². The van der Waals surface area contributed by atoms with Crippen LogP contribution in [0.2, 0.25) is 0 Å². The summed E-state index contributed by atoms with van der Waals surface area (Å²) in [5.74, 6) is 1.56. The number of carbonyl (C=O) groups is 2. The molecule has 2 aromatic carbocycles. The molecule has 6 nitrogen and oxygen atoms in total. The molecule has 30 heavy (non-hydrogen) atoms. The highest BCUT2D eigenvalue weighted by molar-refractivity contribution is 8.13. The van der Waals surface area contributed by atoms with Crippen LogP contribution < -0.4 is 9.64 Å². The van der Waals surface area contributed by atoms with Gasteiger partial charge in [-0.15, -0.1) is 0 Å². The third kappa shape index (κ3) is 4.76. The molecule has 0 N–H and O–H groups in total. The van der Waals surface area contributed by atoms with Gasteiger partial charge in [0.05, 0.1) is 23.4 Å². The van der Waals surface area contributed by atoms with Crippen molar-refractivity contribution in [2.45, 2.75) is 19.9 Å². The number of anilines is 1. The van der Waals surface area contributed by atoms with E-state index in [0.29, 0.717) is 31.4 Å². The topological polar surface area (TPSA) is 62.7 Å². The lowest BCUT2D eigenvalue weighted by molar-refractivity contribution is -0.118. The van der Waals surface area contributed by atoms with Crippen molar-refractivity contribution < 1.29 is 14.3 Å². The molecule has 0 saturated carbocycles. The van der Waals surface area contributed by atoms with E-state index in [1.807, 2.05) is 55.5 Å². The number of nitrogens with zero attached hydrogens (tertiary/aromatic N) is 3. The molecule has 1 saturated heterocycles. The first-order valence-electron chi connectivity index (χ1n) is 9.93. The number of rotatable bonds is 8. The third-order valence-electron chi connectivity index (χ3n) is 4.82. The molecule has 1 aromatic heterocycles. The fraction of sp³-hybridized carbons (Fsp3) is 0.318. The highest BCUT2D eigenvalue weighted by atomic mass is 32.2. The molecule has 3 aromatic rings. The van der Waals surface area contributed by atoms with Crippen molar-refractivity contribution in [1.29, 1.82) is 0 Å². The lowest BCUT2D eigenvalue weighted by Gasteiger charge is -2.22. The normalized spacial score (nSPS) is 13.8. The van der Waals surface area contributed by atoms with E-state index in [1.54, 1.807) is 9.80 Å². The summed E-state index contributed by atoms with van der Waals surface area (Å²) in [5.41, 5.74) is 1.88. The average Bonchev–Trinajstić information content (AvgIpc) is 3.36. The molecular formula is C22H23N3O3S2. The Balaban J connectivity index is 1.58. The Hall–Kier alpha value is -2.58. The third-order valence-corrected chi connectivity index (χ3v) is 6.75. The van der Waals surface area contributed by atoms with Gasteiger partial charge in [-0.25, -0.2) is 4.98 Å². The lowest BCUT2D eigenvalue weighted by atomic mass is 10.2. The van der Waals surface area contributed by atoms with E-state index in [9.17, 15) is 9.59 Å². The van der Waals surface area contributed by atoms with Crippen LogP contribution in [0.3, 0.4) is 0 Å². The maximum absolute atomic E-state index is 13.2. The Bertz CT molecular complexity index is 1040. The van der Waals surface area contributed by atoms with Crippen LogP contribution in [0.25, 0.3) is 10.2 Å². The van der Waals surface area contributed by atoms with Gasteiger partial charge >= 0.3 is 0 Å². The van der Waals surface area contributed by atoms with Crippen LogP contribution in [0.4, 0.5) is 9.93 Å². The van der Waals surface area contributed by atoms with Gasteiger partial charge in [0, 0.05) is 25.3 Å². The minimum absolute atomic E-state index is 0.0346. The first-order chi connectivity index (χ1) is 14.6. The summed E-state index contributed by atoms with van der Waals surface area (Å²) in [6.45, 7) is 4.14. The molecule has 0 atom stereocenters. The van der Waals surface area contributed by atoms with Gasteiger partial charge in [-0.1, -0.05) is 53.4 Å². The van der Waals surface area contributed by atoms with Crippen LogP contribution in [-0.2, 0) is 11.3 Å².